The van der Waals surface area contributed by atoms with Crippen LogP contribution >= 0.6 is 12.2 Å². The quantitative estimate of drug-likeness (QED) is 0.623. The van der Waals surface area contributed by atoms with Gasteiger partial charge in [-0.25, -0.2) is 0 Å². The molecule has 0 aliphatic heterocycles. The first-order valence-electron chi connectivity index (χ1n) is 4.06. The number of nitrogens with one attached hydrogen (secondary N) is 1. The number of aryl methyl sites for hydroxylation is 2. The van der Waals surface area contributed by atoms with Gasteiger partial charge >= 0.3 is 0 Å². The molecule has 0 bridgehead atoms. The Labute approximate surface area is 84.8 Å². The fourth-order valence-electron chi connectivity index (χ4n) is 1.56. The van der Waals surface area contributed by atoms with Gasteiger partial charge in [-0.3, -0.25) is 4.79 Å². The van der Waals surface area contributed by atoms with Crippen molar-refractivity contribution in [3.05, 3.63) is 21.2 Å². The second-order valence-corrected chi connectivity index (χ2v) is 3.55. The van der Waals surface area contributed by atoms with Crippen molar-refractivity contribution in [3.63, 3.8) is 0 Å². The van der Waals surface area contributed by atoms with Gasteiger partial charge in [0.15, 0.2) is 4.77 Å². The Balaban J connectivity index is 3.18. The number of rotatable bonds is 0. The number of fused-ring (bicyclic) bond motifs is 1. The summed E-state index contributed by atoms with van der Waals surface area (Å²) in [5.74, 6) is 0.346. The minimum atomic E-state index is -0.214. The summed E-state index contributed by atoms with van der Waals surface area (Å²) in [6.07, 6.45) is 0. The molecule has 0 radical (unpaired) electrons. The number of hydrogen-bond donors (Lipinski definition) is 2. The molecule has 14 heavy (non-hydrogen) atoms. The molecule has 0 saturated heterocycles. The number of imidazole rings is 1. The molecule has 74 valence electrons. The Morgan fingerprint density at radius 3 is 2.71 bits per heavy atom. The van der Waals surface area contributed by atoms with Crippen molar-refractivity contribution in [2.75, 3.05) is 5.73 Å². The highest BCUT2D eigenvalue weighted by molar-refractivity contribution is 7.71. The first-order valence-corrected chi connectivity index (χ1v) is 4.47. The topological polar surface area (TPSA) is 68.7 Å². The molecule has 6 heteroatoms. The van der Waals surface area contributed by atoms with Crippen LogP contribution in [0, 0.1) is 4.77 Å². The van der Waals surface area contributed by atoms with E-state index in [1.165, 1.54) is 0 Å². The standard InChI is InChI=1S/C8H10N4OS/c1-11-4-3-5(9)10-7(13)6(4)12(2)8(11)14/h3H,1-2H3,(H3,9,10,13). The van der Waals surface area contributed by atoms with Crippen molar-refractivity contribution in [2.45, 2.75) is 0 Å². The number of pyridine rings is 1. The Morgan fingerprint density at radius 2 is 2.07 bits per heavy atom. The zero-order valence-corrected chi connectivity index (χ0v) is 8.68. The van der Waals surface area contributed by atoms with Gasteiger partial charge in [0.1, 0.15) is 11.3 Å². The summed E-state index contributed by atoms with van der Waals surface area (Å²) in [7, 11) is 3.57. The lowest BCUT2D eigenvalue weighted by Crippen LogP contribution is -2.11. The first kappa shape index (κ1) is 9.01. The fourth-order valence-corrected chi connectivity index (χ4v) is 1.75. The van der Waals surface area contributed by atoms with E-state index in [9.17, 15) is 4.79 Å². The van der Waals surface area contributed by atoms with Crippen LogP contribution in [0.1, 0.15) is 0 Å². The molecule has 0 aromatic carbocycles. The average molecular weight is 210 g/mol. The van der Waals surface area contributed by atoms with E-state index in [0.29, 0.717) is 16.1 Å². The molecule has 5 nitrogen and oxygen atoms in total. The largest absolute Gasteiger partial charge is 0.385 e. The molecule has 0 aliphatic carbocycles. The maximum Gasteiger partial charge on any atom is 0.275 e. The number of H-pyrrole nitrogens is 1. The zero-order valence-electron chi connectivity index (χ0n) is 7.87. The molecule has 2 aromatic rings. The van der Waals surface area contributed by atoms with Crippen LogP contribution in [0.25, 0.3) is 11.0 Å². The van der Waals surface area contributed by atoms with Crippen LogP contribution < -0.4 is 11.3 Å². The maximum absolute atomic E-state index is 11.6. The van der Waals surface area contributed by atoms with Crippen LogP contribution in [-0.4, -0.2) is 14.1 Å². The Morgan fingerprint density at radius 1 is 1.43 bits per heavy atom. The van der Waals surface area contributed by atoms with Gasteiger partial charge in [-0.2, -0.15) is 0 Å². The van der Waals surface area contributed by atoms with Crippen LogP contribution in [0.4, 0.5) is 5.82 Å². The molecular formula is C8H10N4OS. The van der Waals surface area contributed by atoms with E-state index in [2.05, 4.69) is 4.98 Å². The van der Waals surface area contributed by atoms with Gasteiger partial charge in [-0.15, -0.1) is 0 Å². The summed E-state index contributed by atoms with van der Waals surface area (Å²) in [6.45, 7) is 0. The molecular weight excluding hydrogens is 200 g/mol. The highest BCUT2D eigenvalue weighted by atomic mass is 32.1. The molecule has 0 saturated carbocycles. The summed E-state index contributed by atoms with van der Waals surface area (Å²) >= 11 is 5.13. The lowest BCUT2D eigenvalue weighted by atomic mass is 10.4. The second-order valence-electron chi connectivity index (χ2n) is 3.19. The van der Waals surface area contributed by atoms with Crippen molar-refractivity contribution in [1.29, 1.82) is 0 Å². The minimum absolute atomic E-state index is 0.214. The third-order valence-corrected chi connectivity index (χ3v) is 2.83. The predicted octanol–water partition coefficient (Wildman–Crippen LogP) is 0.517. The van der Waals surface area contributed by atoms with Crippen molar-refractivity contribution in [3.8, 4) is 0 Å². The highest BCUT2D eigenvalue weighted by Gasteiger charge is 2.09. The summed E-state index contributed by atoms with van der Waals surface area (Å²) in [5.41, 5.74) is 6.62. The van der Waals surface area contributed by atoms with E-state index >= 15 is 0 Å². The van der Waals surface area contributed by atoms with Crippen molar-refractivity contribution < 1.29 is 0 Å². The number of anilines is 1. The third kappa shape index (κ3) is 1.00. The van der Waals surface area contributed by atoms with Gasteiger partial charge in [0.25, 0.3) is 5.56 Å². The number of hydrogen-bond acceptors (Lipinski definition) is 3. The Hall–Kier alpha value is -1.56. The van der Waals surface area contributed by atoms with E-state index in [4.69, 9.17) is 18.0 Å². The number of nitrogens with two attached hydrogens (primary N) is 1. The van der Waals surface area contributed by atoms with Crippen molar-refractivity contribution in [1.82, 2.24) is 14.1 Å². The second kappa shape index (κ2) is 2.71. The Kier molecular flexibility index (Phi) is 1.75. The first-order chi connectivity index (χ1) is 6.52. The fraction of sp³-hybridized carbons (Fsp3) is 0.250. The van der Waals surface area contributed by atoms with E-state index in [1.807, 2.05) is 7.05 Å². The average Bonchev–Trinajstić information content (AvgIpc) is 2.31. The lowest BCUT2D eigenvalue weighted by Gasteiger charge is -1.96. The van der Waals surface area contributed by atoms with E-state index in [0.717, 1.165) is 5.52 Å². The van der Waals surface area contributed by atoms with Gasteiger partial charge in [0.2, 0.25) is 0 Å². The lowest BCUT2D eigenvalue weighted by molar-refractivity contribution is 0.832. The van der Waals surface area contributed by atoms with Crippen LogP contribution in [-0.2, 0) is 14.1 Å². The van der Waals surface area contributed by atoms with Crippen LogP contribution in [0.5, 0.6) is 0 Å². The van der Waals surface area contributed by atoms with Gasteiger partial charge in [0, 0.05) is 20.2 Å². The number of nitrogen functional groups attached to an aromatic ring is 1. The van der Waals surface area contributed by atoms with Gasteiger partial charge in [0.05, 0.1) is 5.52 Å². The summed E-state index contributed by atoms with van der Waals surface area (Å²) < 4.78 is 4.02. The summed E-state index contributed by atoms with van der Waals surface area (Å²) in [6, 6.07) is 1.70. The highest BCUT2D eigenvalue weighted by Crippen LogP contribution is 2.12. The molecule has 0 aliphatic rings. The van der Waals surface area contributed by atoms with Crippen LogP contribution in [0.2, 0.25) is 0 Å². The van der Waals surface area contributed by atoms with Gasteiger partial charge < -0.3 is 19.9 Å². The van der Waals surface area contributed by atoms with E-state index < -0.39 is 0 Å². The normalized spacial score (nSPS) is 11.0. The predicted molar refractivity (Wildman–Crippen MR) is 57.8 cm³/mol. The number of aromatic amines is 1. The maximum atomic E-state index is 11.6. The molecule has 2 heterocycles. The molecule has 0 atom stereocenters. The monoisotopic (exact) mass is 210 g/mol. The number of nitrogens with zero attached hydrogens (tertiary/aromatic N) is 2. The van der Waals surface area contributed by atoms with E-state index in [-0.39, 0.29) is 5.56 Å². The molecule has 2 rings (SSSR count). The molecule has 0 unspecified atom stereocenters. The SMILES string of the molecule is Cn1c(=S)n(C)c2c(=O)[nH]c(N)cc21. The summed E-state index contributed by atoms with van der Waals surface area (Å²) in [5, 5.41) is 0. The van der Waals surface area contributed by atoms with Crippen LogP contribution in [0.15, 0.2) is 10.9 Å². The molecule has 2 aromatic heterocycles. The van der Waals surface area contributed by atoms with Crippen LogP contribution in [0.3, 0.4) is 0 Å². The van der Waals surface area contributed by atoms with E-state index in [1.54, 1.807) is 22.2 Å². The molecule has 0 fully saturated rings. The molecule has 3 N–H and O–H groups in total. The van der Waals surface area contributed by atoms with Crippen molar-refractivity contribution >= 4 is 29.1 Å². The number of aromatic nitrogens is 3. The van der Waals surface area contributed by atoms with Gasteiger partial charge in [-0.1, -0.05) is 0 Å². The molecule has 0 amide bonds. The summed E-state index contributed by atoms with van der Waals surface area (Å²) in [4.78, 5) is 14.1. The molecule has 0 spiro atoms. The third-order valence-electron chi connectivity index (χ3n) is 2.28. The minimum Gasteiger partial charge on any atom is -0.385 e. The van der Waals surface area contributed by atoms with Crippen molar-refractivity contribution in [2.24, 2.45) is 14.1 Å². The smallest absolute Gasteiger partial charge is 0.275 e. The Bertz CT molecular complexity index is 619. The zero-order chi connectivity index (χ0) is 10.5. The van der Waals surface area contributed by atoms with Gasteiger partial charge in [-0.05, 0) is 12.2 Å².